The average molecular weight is 280 g/mol. The Morgan fingerprint density at radius 3 is 3.10 bits per heavy atom. The van der Waals surface area contributed by atoms with Crippen LogP contribution in [0.5, 0.6) is 0 Å². The first kappa shape index (κ1) is 14.8. The van der Waals surface area contributed by atoms with Crippen LogP contribution in [0, 0.1) is 0 Å². The molecule has 0 aliphatic carbocycles. The standard InChI is InChI=1S/C14H24N4O2/c19-12-6-13-5-1-2-11-18(13)14(20)15-7-3-9-17-10-4-8-16-17/h4,8,10,13,19H,1-3,5-7,9,11-12H2,(H,15,20). The molecule has 6 heteroatoms. The highest BCUT2D eigenvalue weighted by Crippen LogP contribution is 2.19. The zero-order valence-electron chi connectivity index (χ0n) is 11.9. The molecule has 1 atom stereocenters. The lowest BCUT2D eigenvalue weighted by molar-refractivity contribution is 0.132. The molecule has 0 aromatic carbocycles. The number of urea groups is 1. The van der Waals surface area contributed by atoms with E-state index in [1.165, 1.54) is 0 Å². The number of nitrogens with one attached hydrogen (secondary N) is 1. The molecule has 1 unspecified atom stereocenters. The molecule has 0 radical (unpaired) electrons. The van der Waals surface area contributed by atoms with Crippen LogP contribution in [0.1, 0.15) is 32.1 Å². The fraction of sp³-hybridized carbons (Fsp3) is 0.714. The molecule has 1 fully saturated rings. The van der Waals surface area contributed by atoms with E-state index in [0.717, 1.165) is 38.8 Å². The Hall–Kier alpha value is -1.56. The Bertz CT molecular complexity index is 392. The number of carbonyl (C=O) groups excluding carboxylic acids is 1. The van der Waals surface area contributed by atoms with E-state index in [1.54, 1.807) is 6.20 Å². The van der Waals surface area contributed by atoms with Gasteiger partial charge >= 0.3 is 6.03 Å². The van der Waals surface area contributed by atoms with Crippen LogP contribution >= 0.6 is 0 Å². The van der Waals surface area contributed by atoms with E-state index >= 15 is 0 Å². The Kier molecular flexibility index (Phi) is 5.86. The van der Waals surface area contributed by atoms with Crippen LogP contribution < -0.4 is 5.32 Å². The van der Waals surface area contributed by atoms with Gasteiger partial charge in [0.05, 0.1) is 0 Å². The van der Waals surface area contributed by atoms with E-state index in [4.69, 9.17) is 5.11 Å². The molecule has 2 heterocycles. The number of nitrogens with zero attached hydrogens (tertiary/aromatic N) is 3. The van der Waals surface area contributed by atoms with Crippen molar-refractivity contribution in [1.82, 2.24) is 20.0 Å². The number of carbonyl (C=O) groups is 1. The third-order valence-corrected chi connectivity index (χ3v) is 3.75. The summed E-state index contributed by atoms with van der Waals surface area (Å²) in [5, 5.41) is 16.2. The molecule has 1 aromatic rings. The maximum atomic E-state index is 12.2. The lowest BCUT2D eigenvalue weighted by atomic mass is 10.0. The summed E-state index contributed by atoms with van der Waals surface area (Å²) in [5.41, 5.74) is 0. The maximum Gasteiger partial charge on any atom is 0.317 e. The van der Waals surface area contributed by atoms with E-state index in [-0.39, 0.29) is 18.7 Å². The zero-order chi connectivity index (χ0) is 14.2. The molecule has 1 aliphatic heterocycles. The number of hydrogen-bond acceptors (Lipinski definition) is 3. The first-order valence-corrected chi connectivity index (χ1v) is 7.44. The molecule has 2 rings (SSSR count). The van der Waals surface area contributed by atoms with E-state index in [2.05, 4.69) is 10.4 Å². The van der Waals surface area contributed by atoms with Crippen molar-refractivity contribution in [2.75, 3.05) is 19.7 Å². The second-order valence-corrected chi connectivity index (χ2v) is 5.21. The molecule has 20 heavy (non-hydrogen) atoms. The highest BCUT2D eigenvalue weighted by molar-refractivity contribution is 5.74. The number of aryl methyl sites for hydroxylation is 1. The van der Waals surface area contributed by atoms with Gasteiger partial charge in [-0.15, -0.1) is 0 Å². The zero-order valence-corrected chi connectivity index (χ0v) is 11.9. The van der Waals surface area contributed by atoms with Crippen LogP contribution in [0.2, 0.25) is 0 Å². The first-order chi connectivity index (χ1) is 9.81. The summed E-state index contributed by atoms with van der Waals surface area (Å²) >= 11 is 0. The van der Waals surface area contributed by atoms with Gasteiger partial charge < -0.3 is 15.3 Å². The Morgan fingerprint density at radius 1 is 1.45 bits per heavy atom. The average Bonchev–Trinajstić information content (AvgIpc) is 2.97. The minimum absolute atomic E-state index is 0.00335. The van der Waals surface area contributed by atoms with Gasteiger partial charge in [0.15, 0.2) is 0 Å². The Labute approximate surface area is 119 Å². The highest BCUT2D eigenvalue weighted by Gasteiger charge is 2.25. The number of likely N-dealkylation sites (tertiary alicyclic amines) is 1. The summed E-state index contributed by atoms with van der Waals surface area (Å²) in [6.07, 6.45) is 8.43. The molecule has 1 aromatic heterocycles. The van der Waals surface area contributed by atoms with Crippen molar-refractivity contribution in [2.24, 2.45) is 0 Å². The SMILES string of the molecule is O=C(NCCCn1cccn1)N1CCCCC1CCO. The minimum atomic E-state index is 0.00335. The van der Waals surface area contributed by atoms with E-state index < -0.39 is 0 Å². The van der Waals surface area contributed by atoms with Crippen molar-refractivity contribution < 1.29 is 9.90 Å². The van der Waals surface area contributed by atoms with E-state index in [9.17, 15) is 4.79 Å². The molecule has 112 valence electrons. The van der Waals surface area contributed by atoms with Crippen LogP contribution in [0.4, 0.5) is 4.79 Å². The quantitative estimate of drug-likeness (QED) is 0.770. The summed E-state index contributed by atoms with van der Waals surface area (Å²) < 4.78 is 1.86. The Morgan fingerprint density at radius 2 is 2.35 bits per heavy atom. The number of aliphatic hydroxyl groups excluding tert-OH is 1. The van der Waals surface area contributed by atoms with Crippen molar-refractivity contribution in [2.45, 2.75) is 44.7 Å². The van der Waals surface area contributed by atoms with Crippen LogP contribution in [0.25, 0.3) is 0 Å². The molecular weight excluding hydrogens is 256 g/mol. The first-order valence-electron chi connectivity index (χ1n) is 7.44. The molecular formula is C14H24N4O2. The van der Waals surface area contributed by atoms with Gasteiger partial charge in [-0.05, 0) is 38.2 Å². The van der Waals surface area contributed by atoms with E-state index in [0.29, 0.717) is 13.0 Å². The van der Waals surface area contributed by atoms with Crippen LogP contribution in [0.15, 0.2) is 18.5 Å². The van der Waals surface area contributed by atoms with Gasteiger partial charge in [0.2, 0.25) is 0 Å². The fourth-order valence-electron chi connectivity index (χ4n) is 2.69. The van der Waals surface area contributed by atoms with E-state index in [1.807, 2.05) is 21.8 Å². The number of piperidine rings is 1. The van der Waals surface area contributed by atoms with Crippen molar-refractivity contribution in [3.8, 4) is 0 Å². The van der Waals surface area contributed by atoms with Gasteiger partial charge in [0.1, 0.15) is 0 Å². The predicted molar refractivity (Wildman–Crippen MR) is 76.3 cm³/mol. The lowest BCUT2D eigenvalue weighted by Crippen LogP contribution is -2.49. The maximum absolute atomic E-state index is 12.2. The normalized spacial score (nSPS) is 19.1. The van der Waals surface area contributed by atoms with Gasteiger partial charge in [-0.25, -0.2) is 4.79 Å². The van der Waals surface area contributed by atoms with Gasteiger partial charge in [-0.1, -0.05) is 0 Å². The minimum Gasteiger partial charge on any atom is -0.396 e. The van der Waals surface area contributed by atoms with Crippen LogP contribution in [-0.2, 0) is 6.54 Å². The van der Waals surface area contributed by atoms with Gasteiger partial charge in [-0.2, -0.15) is 5.10 Å². The number of rotatable bonds is 6. The van der Waals surface area contributed by atoms with Crippen molar-refractivity contribution in [3.63, 3.8) is 0 Å². The third-order valence-electron chi connectivity index (χ3n) is 3.75. The molecule has 0 bridgehead atoms. The van der Waals surface area contributed by atoms with Crippen molar-refractivity contribution in [3.05, 3.63) is 18.5 Å². The van der Waals surface area contributed by atoms with Gasteiger partial charge in [0.25, 0.3) is 0 Å². The molecule has 1 saturated heterocycles. The summed E-state index contributed by atoms with van der Waals surface area (Å²) in [6.45, 7) is 2.41. The molecule has 1 aliphatic rings. The van der Waals surface area contributed by atoms with Crippen molar-refractivity contribution in [1.29, 1.82) is 0 Å². The monoisotopic (exact) mass is 280 g/mol. The Balaban J connectivity index is 1.69. The summed E-state index contributed by atoms with van der Waals surface area (Å²) in [6, 6.07) is 2.09. The number of aromatic nitrogens is 2. The number of aliphatic hydroxyl groups is 1. The molecule has 2 N–H and O–H groups in total. The number of amides is 2. The molecule has 2 amide bonds. The second kappa shape index (κ2) is 7.89. The summed E-state index contributed by atoms with van der Waals surface area (Å²) in [7, 11) is 0. The largest absolute Gasteiger partial charge is 0.396 e. The van der Waals surface area contributed by atoms with Crippen molar-refractivity contribution >= 4 is 6.03 Å². The van der Waals surface area contributed by atoms with Crippen LogP contribution in [-0.4, -0.2) is 51.6 Å². The van der Waals surface area contributed by atoms with Crippen LogP contribution in [0.3, 0.4) is 0 Å². The van der Waals surface area contributed by atoms with Gasteiger partial charge in [0, 0.05) is 44.7 Å². The fourth-order valence-corrected chi connectivity index (χ4v) is 2.69. The second-order valence-electron chi connectivity index (χ2n) is 5.21. The van der Waals surface area contributed by atoms with Gasteiger partial charge in [-0.3, -0.25) is 4.68 Å². The third kappa shape index (κ3) is 4.23. The lowest BCUT2D eigenvalue weighted by Gasteiger charge is -2.35. The highest BCUT2D eigenvalue weighted by atomic mass is 16.3. The number of hydrogen-bond donors (Lipinski definition) is 2. The molecule has 0 saturated carbocycles. The molecule has 0 spiro atoms. The molecule has 6 nitrogen and oxygen atoms in total. The smallest absolute Gasteiger partial charge is 0.317 e. The predicted octanol–water partition coefficient (Wildman–Crippen LogP) is 1.22. The summed E-state index contributed by atoms with van der Waals surface area (Å²) in [4.78, 5) is 14.0. The topological polar surface area (TPSA) is 70.4 Å². The summed E-state index contributed by atoms with van der Waals surface area (Å²) in [5.74, 6) is 0.